The summed E-state index contributed by atoms with van der Waals surface area (Å²) >= 11 is 0. The Kier molecular flexibility index (Phi) is 4.44. The minimum Gasteiger partial charge on any atom is -0.543 e. The monoisotopic (exact) mass is 378 g/mol. The molecule has 4 nitrogen and oxygen atoms in total. The van der Waals surface area contributed by atoms with Crippen LogP contribution in [0.3, 0.4) is 0 Å². The van der Waals surface area contributed by atoms with Crippen LogP contribution >= 0.6 is 0 Å². The van der Waals surface area contributed by atoms with Crippen LogP contribution in [0.25, 0.3) is 0 Å². The van der Waals surface area contributed by atoms with E-state index in [2.05, 4.69) is 73.7 Å². The van der Waals surface area contributed by atoms with Gasteiger partial charge in [0.15, 0.2) is 5.60 Å². The van der Waals surface area contributed by atoms with E-state index in [1.807, 2.05) is 12.1 Å². The van der Waals surface area contributed by atoms with Crippen LogP contribution in [0.1, 0.15) is 54.0 Å². The molecule has 0 aliphatic carbocycles. The number of hydrogen-bond donors (Lipinski definition) is 0. The van der Waals surface area contributed by atoms with Crippen molar-refractivity contribution in [3.05, 3.63) is 29.8 Å². The molecule has 2 saturated heterocycles. The van der Waals surface area contributed by atoms with Gasteiger partial charge in [-0.25, -0.2) is 4.89 Å². The summed E-state index contributed by atoms with van der Waals surface area (Å²) in [7, 11) is -1.91. The van der Waals surface area contributed by atoms with Gasteiger partial charge >= 0.3 is 0 Å². The molecule has 2 aliphatic rings. The zero-order valence-corrected chi connectivity index (χ0v) is 18.7. The molecule has 2 unspecified atom stereocenters. The van der Waals surface area contributed by atoms with Crippen molar-refractivity contribution in [2.75, 3.05) is 6.61 Å². The van der Waals surface area contributed by atoms with Gasteiger partial charge in [0, 0.05) is 11.0 Å². The van der Waals surface area contributed by atoms with Crippen molar-refractivity contribution < 1.29 is 18.9 Å². The minimum atomic E-state index is -1.91. The van der Waals surface area contributed by atoms with Gasteiger partial charge < -0.3 is 9.16 Å². The SMILES string of the molecule is CC(C)C12OOC1(c1cccc(O[Si](C)(C)C(C)(C)C)c1)OCC2(C)C. The summed E-state index contributed by atoms with van der Waals surface area (Å²) in [4.78, 5) is 11.5. The van der Waals surface area contributed by atoms with Crippen LogP contribution in [0.5, 0.6) is 5.75 Å². The highest BCUT2D eigenvalue weighted by molar-refractivity contribution is 6.74. The van der Waals surface area contributed by atoms with Crippen molar-refractivity contribution in [2.24, 2.45) is 11.3 Å². The summed E-state index contributed by atoms with van der Waals surface area (Å²) in [6.07, 6.45) is 0. The lowest BCUT2D eigenvalue weighted by molar-refractivity contribution is -0.618. The second-order valence-electron chi connectivity index (χ2n) is 10.2. The molecule has 3 rings (SSSR count). The zero-order valence-electron chi connectivity index (χ0n) is 17.7. The van der Waals surface area contributed by atoms with Crippen LogP contribution in [0, 0.1) is 11.3 Å². The van der Waals surface area contributed by atoms with Gasteiger partial charge in [0.1, 0.15) is 5.75 Å². The number of benzene rings is 1. The smallest absolute Gasteiger partial charge is 0.261 e. The van der Waals surface area contributed by atoms with Crippen molar-refractivity contribution in [1.29, 1.82) is 0 Å². The van der Waals surface area contributed by atoms with E-state index in [-0.39, 0.29) is 16.4 Å². The largest absolute Gasteiger partial charge is 0.543 e. The first kappa shape index (κ1) is 19.9. The highest BCUT2D eigenvalue weighted by atomic mass is 28.4. The first-order chi connectivity index (χ1) is 11.8. The van der Waals surface area contributed by atoms with E-state index < -0.39 is 19.7 Å². The van der Waals surface area contributed by atoms with Gasteiger partial charge in [0.05, 0.1) is 6.61 Å². The maximum Gasteiger partial charge on any atom is 0.261 e. The maximum atomic E-state index is 6.50. The molecule has 2 atom stereocenters. The lowest BCUT2D eigenvalue weighted by Crippen LogP contribution is -2.69. The predicted molar refractivity (Wildman–Crippen MR) is 105 cm³/mol. The van der Waals surface area contributed by atoms with Crippen LogP contribution in [0.4, 0.5) is 0 Å². The highest BCUT2D eigenvalue weighted by Crippen LogP contribution is 2.66. The van der Waals surface area contributed by atoms with E-state index in [0.717, 1.165) is 11.3 Å². The topological polar surface area (TPSA) is 36.9 Å². The molecule has 2 aliphatic heterocycles. The molecule has 0 bridgehead atoms. The highest BCUT2D eigenvalue weighted by Gasteiger charge is 2.78. The van der Waals surface area contributed by atoms with Crippen molar-refractivity contribution in [3.63, 3.8) is 0 Å². The van der Waals surface area contributed by atoms with Crippen molar-refractivity contribution in [1.82, 2.24) is 0 Å². The molecule has 2 heterocycles. The van der Waals surface area contributed by atoms with Crippen LogP contribution in [0.15, 0.2) is 24.3 Å². The third kappa shape index (κ3) is 2.51. The average Bonchev–Trinajstić information content (AvgIpc) is 2.60. The van der Waals surface area contributed by atoms with E-state index in [1.54, 1.807) is 0 Å². The van der Waals surface area contributed by atoms with E-state index in [0.29, 0.717) is 6.61 Å². The molecule has 1 aromatic rings. The van der Waals surface area contributed by atoms with Gasteiger partial charge in [0.25, 0.3) is 5.79 Å². The normalized spacial score (nSPS) is 30.8. The van der Waals surface area contributed by atoms with Gasteiger partial charge in [-0.05, 0) is 36.2 Å². The Morgan fingerprint density at radius 3 is 2.27 bits per heavy atom. The fraction of sp³-hybridized carbons (Fsp3) is 0.714. The molecule has 26 heavy (non-hydrogen) atoms. The molecular formula is C21H34O4Si. The van der Waals surface area contributed by atoms with Gasteiger partial charge in [-0.3, -0.25) is 0 Å². The number of hydrogen-bond acceptors (Lipinski definition) is 4. The summed E-state index contributed by atoms with van der Waals surface area (Å²) < 4.78 is 12.8. The van der Waals surface area contributed by atoms with Gasteiger partial charge in [-0.1, -0.05) is 60.6 Å². The number of fused-ring (bicyclic) bond motifs is 1. The summed E-state index contributed by atoms with van der Waals surface area (Å²) in [5.41, 5.74) is 0.324. The molecule has 0 spiro atoms. The zero-order chi connectivity index (χ0) is 19.6. The van der Waals surface area contributed by atoms with Gasteiger partial charge in [-0.15, -0.1) is 0 Å². The third-order valence-electron chi connectivity index (χ3n) is 6.63. The standard InChI is InChI=1S/C21H34O4Si/c1-15(2)20-19(6,7)14-22-21(20,25-24-20)16-11-10-12-17(13-16)23-26(8,9)18(3,4)5/h10-13,15H,14H2,1-9H3. The van der Waals surface area contributed by atoms with E-state index in [4.69, 9.17) is 18.9 Å². The Morgan fingerprint density at radius 2 is 1.77 bits per heavy atom. The minimum absolute atomic E-state index is 0.143. The second-order valence-corrected chi connectivity index (χ2v) is 15.0. The van der Waals surface area contributed by atoms with E-state index in [9.17, 15) is 0 Å². The first-order valence-electron chi connectivity index (χ1n) is 9.59. The molecule has 0 N–H and O–H groups in total. The Labute approximate surface area is 159 Å². The van der Waals surface area contributed by atoms with Crippen molar-refractivity contribution >= 4 is 8.32 Å². The van der Waals surface area contributed by atoms with Crippen LogP contribution in [-0.2, 0) is 20.3 Å². The summed E-state index contributed by atoms with van der Waals surface area (Å²) in [5.74, 6) is 0.265. The Morgan fingerprint density at radius 1 is 1.12 bits per heavy atom. The molecule has 0 radical (unpaired) electrons. The van der Waals surface area contributed by atoms with E-state index in [1.165, 1.54) is 0 Å². The molecule has 1 aromatic carbocycles. The number of ether oxygens (including phenoxy) is 1. The molecule has 0 amide bonds. The lowest BCUT2D eigenvalue weighted by Gasteiger charge is -2.57. The van der Waals surface area contributed by atoms with Crippen LogP contribution in [-0.4, -0.2) is 20.5 Å². The Balaban J connectivity index is 1.99. The second kappa shape index (κ2) is 5.81. The van der Waals surface area contributed by atoms with Crippen molar-refractivity contribution in [2.45, 2.75) is 78.0 Å². The van der Waals surface area contributed by atoms with Gasteiger partial charge in [-0.2, -0.15) is 4.89 Å². The summed E-state index contributed by atoms with van der Waals surface area (Å²) in [6, 6.07) is 8.17. The quantitative estimate of drug-likeness (QED) is 0.502. The molecule has 2 fully saturated rings. The molecule has 0 saturated carbocycles. The maximum absolute atomic E-state index is 6.50. The average molecular weight is 379 g/mol. The molecular weight excluding hydrogens is 344 g/mol. The predicted octanol–water partition coefficient (Wildman–Crippen LogP) is 5.64. The summed E-state index contributed by atoms with van der Waals surface area (Å²) in [5, 5.41) is 0.144. The van der Waals surface area contributed by atoms with Gasteiger partial charge in [0.2, 0.25) is 8.32 Å². The number of rotatable bonds is 4. The lowest BCUT2D eigenvalue weighted by atomic mass is 9.64. The Bertz CT molecular complexity index is 691. The first-order valence-corrected chi connectivity index (χ1v) is 12.5. The molecule has 0 aromatic heterocycles. The third-order valence-corrected chi connectivity index (χ3v) is 11.0. The van der Waals surface area contributed by atoms with Crippen LogP contribution in [0.2, 0.25) is 18.1 Å². The van der Waals surface area contributed by atoms with E-state index >= 15 is 0 Å². The summed E-state index contributed by atoms with van der Waals surface area (Å²) in [6.45, 7) is 20.6. The Hall–Kier alpha value is -0.883. The molecule has 146 valence electrons. The fourth-order valence-corrected chi connectivity index (χ4v) is 5.12. The van der Waals surface area contributed by atoms with Crippen LogP contribution < -0.4 is 4.43 Å². The fourth-order valence-electron chi connectivity index (χ4n) is 4.10. The van der Waals surface area contributed by atoms with Crippen molar-refractivity contribution in [3.8, 4) is 5.75 Å². The molecule has 5 heteroatoms.